The number of phenolic OH excluding ortho intramolecular Hbond substituents is 2. The lowest BCUT2D eigenvalue weighted by atomic mass is 10.00. The van der Waals surface area contributed by atoms with Gasteiger partial charge in [0.05, 0.1) is 0 Å². The summed E-state index contributed by atoms with van der Waals surface area (Å²) in [6, 6.07) is 24.0. The van der Waals surface area contributed by atoms with Gasteiger partial charge in [-0.2, -0.15) is 0 Å². The molecule has 3 aromatic rings. The maximum absolute atomic E-state index is 9.52. The van der Waals surface area contributed by atoms with Gasteiger partial charge >= 0.3 is 0 Å². The molecule has 0 aliphatic heterocycles. The van der Waals surface area contributed by atoms with Crippen molar-refractivity contribution in [3.05, 3.63) is 95.1 Å². The topological polar surface area (TPSA) is 40.5 Å². The molecule has 0 bridgehead atoms. The monoisotopic (exact) mass is 318 g/mol. The van der Waals surface area contributed by atoms with E-state index in [9.17, 15) is 10.2 Å². The maximum Gasteiger partial charge on any atom is 0.119 e. The summed E-state index contributed by atoms with van der Waals surface area (Å²) in [7, 11) is 0. The molecule has 0 aromatic heterocycles. The van der Waals surface area contributed by atoms with Gasteiger partial charge in [0, 0.05) is 6.07 Å². The minimum atomic E-state index is 0.112. The third-order valence-electron chi connectivity index (χ3n) is 4.23. The molecule has 24 heavy (non-hydrogen) atoms. The summed E-state index contributed by atoms with van der Waals surface area (Å²) in [5.41, 5.74) is 4.92. The Bertz CT molecular complexity index is 757. The van der Waals surface area contributed by atoms with Crippen molar-refractivity contribution in [3.8, 4) is 11.5 Å². The van der Waals surface area contributed by atoms with Gasteiger partial charge in [0.2, 0.25) is 0 Å². The van der Waals surface area contributed by atoms with Crippen LogP contribution in [0, 0.1) is 0 Å². The molecule has 0 saturated carbocycles. The Morgan fingerprint density at radius 1 is 0.458 bits per heavy atom. The van der Waals surface area contributed by atoms with Crippen molar-refractivity contribution in [2.75, 3.05) is 0 Å². The molecule has 0 aliphatic carbocycles. The Kier molecular flexibility index (Phi) is 5.17. The van der Waals surface area contributed by atoms with Crippen LogP contribution in [0.5, 0.6) is 11.5 Å². The molecule has 0 saturated heterocycles. The normalized spacial score (nSPS) is 10.7. The first-order chi connectivity index (χ1) is 11.7. The highest BCUT2D eigenvalue weighted by Gasteiger charge is 2.01. The summed E-state index contributed by atoms with van der Waals surface area (Å²) in [5.74, 6) is 0.225. The molecule has 0 heterocycles. The largest absolute Gasteiger partial charge is 0.508 e. The molecule has 122 valence electrons. The van der Waals surface area contributed by atoms with Crippen molar-refractivity contribution in [2.45, 2.75) is 25.7 Å². The van der Waals surface area contributed by atoms with E-state index in [1.54, 1.807) is 12.1 Å². The van der Waals surface area contributed by atoms with E-state index in [0.29, 0.717) is 0 Å². The first-order valence-electron chi connectivity index (χ1n) is 8.33. The molecule has 0 aliphatic rings. The average Bonchev–Trinajstić information content (AvgIpc) is 2.59. The fraction of sp³-hybridized carbons (Fsp3) is 0.182. The molecule has 2 heteroatoms. The summed E-state index contributed by atoms with van der Waals surface area (Å²) >= 11 is 0. The summed E-state index contributed by atoms with van der Waals surface area (Å²) in [6.45, 7) is 0. The minimum Gasteiger partial charge on any atom is -0.508 e. The van der Waals surface area contributed by atoms with Crippen LogP contribution in [0.15, 0.2) is 72.8 Å². The van der Waals surface area contributed by atoms with E-state index in [4.69, 9.17) is 0 Å². The van der Waals surface area contributed by atoms with Gasteiger partial charge < -0.3 is 10.2 Å². The molecule has 2 nitrogen and oxygen atoms in total. The second-order valence-corrected chi connectivity index (χ2v) is 6.16. The third kappa shape index (κ3) is 4.63. The zero-order valence-corrected chi connectivity index (χ0v) is 13.7. The van der Waals surface area contributed by atoms with Gasteiger partial charge in [0.15, 0.2) is 0 Å². The fourth-order valence-corrected chi connectivity index (χ4v) is 2.90. The zero-order valence-electron chi connectivity index (χ0n) is 13.7. The Balaban J connectivity index is 1.54. The van der Waals surface area contributed by atoms with E-state index in [1.807, 2.05) is 6.07 Å². The minimum absolute atomic E-state index is 0.112. The van der Waals surface area contributed by atoms with Crippen molar-refractivity contribution in [1.29, 1.82) is 0 Å². The predicted molar refractivity (Wildman–Crippen MR) is 97.5 cm³/mol. The van der Waals surface area contributed by atoms with Crippen LogP contribution in [-0.2, 0) is 25.7 Å². The summed E-state index contributed by atoms with van der Waals surface area (Å²) in [5, 5.41) is 19.0. The highest BCUT2D eigenvalue weighted by Crippen LogP contribution is 2.21. The van der Waals surface area contributed by atoms with Crippen molar-refractivity contribution >= 4 is 0 Å². The number of hydrogen-bond donors (Lipinski definition) is 2. The third-order valence-corrected chi connectivity index (χ3v) is 4.23. The molecule has 0 spiro atoms. The smallest absolute Gasteiger partial charge is 0.119 e. The van der Waals surface area contributed by atoms with Crippen LogP contribution in [0.25, 0.3) is 0 Å². The van der Waals surface area contributed by atoms with E-state index in [-0.39, 0.29) is 11.5 Å². The standard InChI is InChI=1S/C22H22O2/c23-21-14-20(15-22(24)16-21)13-12-19-10-8-18(9-11-19)7-6-17-4-2-1-3-5-17/h1-5,8-11,14-16,23-24H,6-7,12-13H2. The van der Waals surface area contributed by atoms with E-state index in [1.165, 1.54) is 22.8 Å². The van der Waals surface area contributed by atoms with Crippen molar-refractivity contribution in [1.82, 2.24) is 0 Å². The Morgan fingerprint density at radius 3 is 1.38 bits per heavy atom. The van der Waals surface area contributed by atoms with Gasteiger partial charge in [-0.25, -0.2) is 0 Å². The number of benzene rings is 3. The van der Waals surface area contributed by atoms with Crippen molar-refractivity contribution in [2.24, 2.45) is 0 Å². The van der Waals surface area contributed by atoms with Gasteiger partial charge in [0.1, 0.15) is 11.5 Å². The average molecular weight is 318 g/mol. The van der Waals surface area contributed by atoms with Gasteiger partial charge in [0.25, 0.3) is 0 Å². The zero-order chi connectivity index (χ0) is 16.8. The summed E-state index contributed by atoms with van der Waals surface area (Å²) in [6.07, 6.45) is 3.79. The Labute approximate surface area is 143 Å². The van der Waals surface area contributed by atoms with Crippen LogP contribution < -0.4 is 0 Å². The van der Waals surface area contributed by atoms with Crippen molar-refractivity contribution < 1.29 is 10.2 Å². The van der Waals surface area contributed by atoms with E-state index in [2.05, 4.69) is 48.5 Å². The first kappa shape index (κ1) is 16.1. The molecule has 0 radical (unpaired) electrons. The lowest BCUT2D eigenvalue weighted by Gasteiger charge is -2.06. The van der Waals surface area contributed by atoms with Crippen LogP contribution in [0.3, 0.4) is 0 Å². The molecule has 2 N–H and O–H groups in total. The van der Waals surface area contributed by atoms with Crippen LogP contribution >= 0.6 is 0 Å². The van der Waals surface area contributed by atoms with Crippen LogP contribution in [0.2, 0.25) is 0 Å². The number of aromatic hydroxyl groups is 2. The van der Waals surface area contributed by atoms with Crippen LogP contribution in [0.4, 0.5) is 0 Å². The highest BCUT2D eigenvalue weighted by molar-refractivity contribution is 5.37. The van der Waals surface area contributed by atoms with Gasteiger partial charge in [-0.15, -0.1) is 0 Å². The number of rotatable bonds is 6. The van der Waals surface area contributed by atoms with Gasteiger partial charge in [-0.05, 0) is 60.1 Å². The fourth-order valence-electron chi connectivity index (χ4n) is 2.90. The molecule has 3 aromatic carbocycles. The molecule has 0 amide bonds. The van der Waals surface area contributed by atoms with Crippen LogP contribution in [-0.4, -0.2) is 10.2 Å². The summed E-state index contributed by atoms with van der Waals surface area (Å²) < 4.78 is 0. The highest BCUT2D eigenvalue weighted by atomic mass is 16.3. The first-order valence-corrected chi connectivity index (χ1v) is 8.33. The quantitative estimate of drug-likeness (QED) is 0.693. The number of phenols is 2. The maximum atomic E-state index is 9.52. The molecular formula is C22H22O2. The van der Waals surface area contributed by atoms with Crippen molar-refractivity contribution in [3.63, 3.8) is 0 Å². The molecule has 0 unspecified atom stereocenters. The molecule has 0 atom stereocenters. The Hall–Kier alpha value is -2.74. The molecule has 0 fully saturated rings. The molecular weight excluding hydrogens is 296 g/mol. The van der Waals surface area contributed by atoms with Gasteiger partial charge in [-0.1, -0.05) is 54.6 Å². The summed E-state index contributed by atoms with van der Waals surface area (Å²) in [4.78, 5) is 0. The number of hydrogen-bond acceptors (Lipinski definition) is 2. The van der Waals surface area contributed by atoms with Crippen LogP contribution in [0.1, 0.15) is 22.3 Å². The second-order valence-electron chi connectivity index (χ2n) is 6.16. The van der Waals surface area contributed by atoms with E-state index < -0.39 is 0 Å². The lowest BCUT2D eigenvalue weighted by Crippen LogP contribution is -1.94. The van der Waals surface area contributed by atoms with E-state index >= 15 is 0 Å². The predicted octanol–water partition coefficient (Wildman–Crippen LogP) is 4.67. The van der Waals surface area contributed by atoms with E-state index in [0.717, 1.165) is 31.2 Å². The Morgan fingerprint density at radius 2 is 0.875 bits per heavy atom. The lowest BCUT2D eigenvalue weighted by molar-refractivity contribution is 0.449. The van der Waals surface area contributed by atoms with Gasteiger partial charge in [-0.3, -0.25) is 0 Å². The molecule has 3 rings (SSSR count). The SMILES string of the molecule is Oc1cc(O)cc(CCc2ccc(CCc3ccccc3)cc2)c1. The number of aryl methyl sites for hydroxylation is 4. The second kappa shape index (κ2) is 7.69.